The van der Waals surface area contributed by atoms with Crippen LogP contribution in [0.5, 0.6) is 5.75 Å². The third-order valence-electron chi connectivity index (χ3n) is 4.45. The van der Waals surface area contributed by atoms with Crippen molar-refractivity contribution >= 4 is 17.2 Å². The molecule has 0 fully saturated rings. The Morgan fingerprint density at radius 3 is 2.53 bits per heavy atom. The van der Waals surface area contributed by atoms with Crippen LogP contribution in [0.15, 0.2) is 73.1 Å². The molecule has 1 N–H and O–H groups in total. The van der Waals surface area contributed by atoms with Gasteiger partial charge in [-0.15, -0.1) is 13.2 Å². The standard InChI is InChI=1S/C22H16F3N3O2/c1-14-4-3-11-28-13-19(27-20(14)28)15-7-9-17(10-8-15)26-21(29)16-5-2-6-18(12-16)30-22(23,24)25/h2-13H,1H3,(H,26,29). The Bertz CT molecular complexity index is 1210. The van der Waals surface area contributed by atoms with Gasteiger partial charge < -0.3 is 14.5 Å². The third kappa shape index (κ3) is 4.27. The first kappa shape index (κ1) is 19.5. The molecule has 4 rings (SSSR count). The van der Waals surface area contributed by atoms with Crippen LogP contribution in [0.25, 0.3) is 16.9 Å². The summed E-state index contributed by atoms with van der Waals surface area (Å²) in [6, 6.07) is 15.9. The van der Waals surface area contributed by atoms with Crippen molar-refractivity contribution in [3.8, 4) is 17.0 Å². The number of fused-ring (bicyclic) bond motifs is 1. The van der Waals surface area contributed by atoms with Crippen LogP contribution in [-0.4, -0.2) is 21.7 Å². The summed E-state index contributed by atoms with van der Waals surface area (Å²) in [5.41, 5.74) is 4.15. The molecule has 0 radical (unpaired) electrons. The second-order valence-electron chi connectivity index (χ2n) is 6.66. The zero-order valence-corrected chi connectivity index (χ0v) is 15.8. The lowest BCUT2D eigenvalue weighted by Gasteiger charge is -2.10. The largest absolute Gasteiger partial charge is 0.573 e. The summed E-state index contributed by atoms with van der Waals surface area (Å²) in [7, 11) is 0. The molecular weight excluding hydrogens is 395 g/mol. The van der Waals surface area contributed by atoms with Crippen molar-refractivity contribution < 1.29 is 22.7 Å². The van der Waals surface area contributed by atoms with E-state index in [2.05, 4.69) is 15.0 Å². The summed E-state index contributed by atoms with van der Waals surface area (Å²) in [6.07, 6.45) is -0.979. The van der Waals surface area contributed by atoms with Crippen molar-refractivity contribution in [2.75, 3.05) is 5.32 Å². The van der Waals surface area contributed by atoms with Crippen LogP contribution in [-0.2, 0) is 0 Å². The number of hydrogen-bond donors (Lipinski definition) is 1. The minimum atomic E-state index is -4.82. The van der Waals surface area contributed by atoms with Gasteiger partial charge in [0, 0.05) is 29.2 Å². The molecule has 0 spiro atoms. The molecule has 0 atom stereocenters. The smallest absolute Gasteiger partial charge is 0.406 e. The summed E-state index contributed by atoms with van der Waals surface area (Å²) >= 11 is 0. The number of aryl methyl sites for hydroxylation is 1. The molecule has 0 unspecified atom stereocenters. The number of halogens is 3. The molecule has 152 valence electrons. The van der Waals surface area contributed by atoms with Crippen molar-refractivity contribution in [1.29, 1.82) is 0 Å². The molecule has 8 heteroatoms. The Morgan fingerprint density at radius 1 is 1.07 bits per heavy atom. The number of alkyl halides is 3. The first-order valence-corrected chi connectivity index (χ1v) is 9.00. The minimum absolute atomic E-state index is 0.0525. The predicted molar refractivity (Wildman–Crippen MR) is 106 cm³/mol. The number of nitrogens with one attached hydrogen (secondary N) is 1. The molecule has 0 saturated carbocycles. The molecule has 5 nitrogen and oxygen atoms in total. The maximum Gasteiger partial charge on any atom is 0.573 e. The number of imidazole rings is 1. The van der Waals surface area contributed by atoms with E-state index < -0.39 is 18.0 Å². The highest BCUT2D eigenvalue weighted by Crippen LogP contribution is 2.25. The van der Waals surface area contributed by atoms with Gasteiger partial charge in [-0.25, -0.2) is 4.98 Å². The minimum Gasteiger partial charge on any atom is -0.406 e. The Morgan fingerprint density at radius 2 is 1.83 bits per heavy atom. The van der Waals surface area contributed by atoms with E-state index in [4.69, 9.17) is 0 Å². The van der Waals surface area contributed by atoms with E-state index in [-0.39, 0.29) is 5.56 Å². The highest BCUT2D eigenvalue weighted by Gasteiger charge is 2.31. The molecular formula is C22H16F3N3O2. The number of carbonyl (C=O) groups excluding carboxylic acids is 1. The fraction of sp³-hybridized carbons (Fsp3) is 0.0909. The van der Waals surface area contributed by atoms with Gasteiger partial charge in [0.25, 0.3) is 5.91 Å². The fourth-order valence-electron chi connectivity index (χ4n) is 3.05. The number of rotatable bonds is 4. The molecule has 1 amide bonds. The molecule has 2 heterocycles. The van der Waals surface area contributed by atoms with Gasteiger partial charge >= 0.3 is 6.36 Å². The summed E-state index contributed by atoms with van der Waals surface area (Å²) < 4.78 is 42.9. The van der Waals surface area contributed by atoms with Gasteiger partial charge in [-0.2, -0.15) is 0 Å². The van der Waals surface area contributed by atoms with Crippen molar-refractivity contribution in [1.82, 2.24) is 9.38 Å². The number of pyridine rings is 1. The van der Waals surface area contributed by atoms with Crippen LogP contribution >= 0.6 is 0 Å². The zero-order valence-electron chi connectivity index (χ0n) is 15.8. The third-order valence-corrected chi connectivity index (χ3v) is 4.45. The van der Waals surface area contributed by atoms with Gasteiger partial charge in [0.2, 0.25) is 0 Å². The number of aromatic nitrogens is 2. The summed E-state index contributed by atoms with van der Waals surface area (Å²) in [5.74, 6) is -0.994. The molecule has 0 aliphatic heterocycles. The quantitative estimate of drug-likeness (QED) is 0.485. The van der Waals surface area contributed by atoms with Crippen molar-refractivity contribution in [3.05, 3.63) is 84.2 Å². The van der Waals surface area contributed by atoms with E-state index in [9.17, 15) is 18.0 Å². The number of anilines is 1. The normalized spacial score (nSPS) is 11.5. The number of hydrogen-bond acceptors (Lipinski definition) is 3. The SMILES string of the molecule is Cc1cccn2cc(-c3ccc(NC(=O)c4cccc(OC(F)(F)F)c4)cc3)nc12. The van der Waals surface area contributed by atoms with Crippen LogP contribution < -0.4 is 10.1 Å². The Kier molecular flexibility index (Phi) is 4.91. The van der Waals surface area contributed by atoms with Crippen molar-refractivity contribution in [2.45, 2.75) is 13.3 Å². The topological polar surface area (TPSA) is 55.6 Å². The lowest BCUT2D eigenvalue weighted by molar-refractivity contribution is -0.274. The van der Waals surface area contributed by atoms with Gasteiger partial charge in [0.05, 0.1) is 5.69 Å². The summed E-state index contributed by atoms with van der Waals surface area (Å²) in [6.45, 7) is 1.99. The Hall–Kier alpha value is -3.81. The fourth-order valence-corrected chi connectivity index (χ4v) is 3.05. The summed E-state index contributed by atoms with van der Waals surface area (Å²) in [4.78, 5) is 17.0. The van der Waals surface area contributed by atoms with Gasteiger partial charge in [-0.1, -0.05) is 24.3 Å². The van der Waals surface area contributed by atoms with Crippen LogP contribution in [0.3, 0.4) is 0 Å². The molecule has 2 aromatic carbocycles. The maximum atomic E-state index is 12.4. The monoisotopic (exact) mass is 411 g/mol. The highest BCUT2D eigenvalue weighted by molar-refractivity contribution is 6.04. The van der Waals surface area contributed by atoms with E-state index in [0.717, 1.165) is 34.6 Å². The Balaban J connectivity index is 1.50. The first-order chi connectivity index (χ1) is 14.3. The molecule has 2 aromatic heterocycles. The second-order valence-corrected chi connectivity index (χ2v) is 6.66. The highest BCUT2D eigenvalue weighted by atomic mass is 19.4. The van der Waals surface area contributed by atoms with Crippen molar-refractivity contribution in [3.63, 3.8) is 0 Å². The lowest BCUT2D eigenvalue weighted by atomic mass is 10.1. The molecule has 0 aliphatic rings. The average Bonchev–Trinajstić information content (AvgIpc) is 3.13. The first-order valence-electron chi connectivity index (χ1n) is 9.00. The molecule has 0 saturated heterocycles. The Labute approximate surface area is 169 Å². The average molecular weight is 411 g/mol. The number of ether oxygens (including phenoxy) is 1. The molecule has 30 heavy (non-hydrogen) atoms. The van der Waals surface area contributed by atoms with E-state index >= 15 is 0 Å². The molecule has 0 aliphatic carbocycles. The van der Waals surface area contributed by atoms with E-state index in [1.807, 2.05) is 48.0 Å². The van der Waals surface area contributed by atoms with E-state index in [1.54, 1.807) is 12.1 Å². The maximum absolute atomic E-state index is 12.4. The van der Waals surface area contributed by atoms with E-state index in [1.165, 1.54) is 12.1 Å². The van der Waals surface area contributed by atoms with Gasteiger partial charge in [0.15, 0.2) is 0 Å². The van der Waals surface area contributed by atoms with Crippen LogP contribution in [0.1, 0.15) is 15.9 Å². The second kappa shape index (κ2) is 7.55. The van der Waals surface area contributed by atoms with Gasteiger partial charge in [-0.3, -0.25) is 4.79 Å². The zero-order chi connectivity index (χ0) is 21.3. The number of nitrogens with zero attached hydrogens (tertiary/aromatic N) is 2. The predicted octanol–water partition coefficient (Wildman–Crippen LogP) is 5.46. The van der Waals surface area contributed by atoms with Crippen LogP contribution in [0, 0.1) is 6.92 Å². The molecule has 4 aromatic rings. The lowest BCUT2D eigenvalue weighted by Crippen LogP contribution is -2.18. The van der Waals surface area contributed by atoms with E-state index in [0.29, 0.717) is 5.69 Å². The van der Waals surface area contributed by atoms with Crippen LogP contribution in [0.2, 0.25) is 0 Å². The number of carbonyl (C=O) groups is 1. The van der Waals surface area contributed by atoms with Crippen LogP contribution in [0.4, 0.5) is 18.9 Å². The van der Waals surface area contributed by atoms with Gasteiger partial charge in [-0.05, 0) is 48.9 Å². The summed E-state index contributed by atoms with van der Waals surface area (Å²) in [5, 5.41) is 2.66. The number of amides is 1. The van der Waals surface area contributed by atoms with Crippen molar-refractivity contribution in [2.24, 2.45) is 0 Å². The molecule has 0 bridgehead atoms. The van der Waals surface area contributed by atoms with Gasteiger partial charge in [0.1, 0.15) is 11.4 Å². The number of benzene rings is 2.